The van der Waals surface area contributed by atoms with Crippen LogP contribution >= 0.6 is 11.8 Å². The van der Waals surface area contributed by atoms with Gasteiger partial charge in [-0.2, -0.15) is 5.10 Å². The Kier molecular flexibility index (Phi) is 5.71. The van der Waals surface area contributed by atoms with E-state index >= 15 is 0 Å². The van der Waals surface area contributed by atoms with E-state index in [1.165, 1.54) is 0 Å². The van der Waals surface area contributed by atoms with Crippen molar-refractivity contribution >= 4 is 23.2 Å². The molecule has 1 fully saturated rings. The number of carbonyl (C=O) groups is 1. The molecule has 1 aromatic heterocycles. The lowest BCUT2D eigenvalue weighted by molar-refractivity contribution is -0.0448. The molecular formula is C22H23N3O3S. The molecule has 1 atom stereocenters. The van der Waals surface area contributed by atoms with Gasteiger partial charge in [-0.3, -0.25) is 4.79 Å². The van der Waals surface area contributed by atoms with Gasteiger partial charge in [-0.15, -0.1) is 11.8 Å². The van der Waals surface area contributed by atoms with Gasteiger partial charge in [0.2, 0.25) is 0 Å². The highest BCUT2D eigenvalue weighted by Gasteiger charge is 2.33. The SMILES string of the molecule is C=CC1=C(C=C)c2c(c(C(=O)N3CCOC(CO)C3)nn2-c2ccccc2)CS1. The standard InChI is InChI=1S/C22H23N3O3S/c1-3-17-19(4-2)29-14-18-20(22(27)24-10-11-28-16(12-24)13-26)23-25(21(17)18)15-8-6-5-7-9-15/h3-9,16,26H,1-2,10-14H2. The van der Waals surface area contributed by atoms with Gasteiger partial charge < -0.3 is 14.7 Å². The highest BCUT2D eigenvalue weighted by atomic mass is 32.2. The van der Waals surface area contributed by atoms with Gasteiger partial charge in [0.05, 0.1) is 30.7 Å². The number of amides is 1. The van der Waals surface area contributed by atoms with Gasteiger partial charge in [0.15, 0.2) is 5.69 Å². The molecule has 3 heterocycles. The second-order valence-electron chi connectivity index (χ2n) is 6.82. The number of hydrogen-bond donors (Lipinski definition) is 1. The van der Waals surface area contributed by atoms with E-state index in [1.54, 1.807) is 22.7 Å². The number of rotatable bonds is 5. The quantitative estimate of drug-likeness (QED) is 0.822. The average Bonchev–Trinajstić information content (AvgIpc) is 3.18. The van der Waals surface area contributed by atoms with Crippen LogP contribution in [0.3, 0.4) is 0 Å². The molecule has 150 valence electrons. The maximum absolute atomic E-state index is 13.4. The second-order valence-corrected chi connectivity index (χ2v) is 7.84. The first-order valence-corrected chi connectivity index (χ1v) is 10.5. The summed E-state index contributed by atoms with van der Waals surface area (Å²) >= 11 is 1.63. The zero-order valence-electron chi connectivity index (χ0n) is 16.1. The minimum Gasteiger partial charge on any atom is -0.394 e. The molecule has 2 aromatic rings. The van der Waals surface area contributed by atoms with Crippen molar-refractivity contribution in [2.45, 2.75) is 11.9 Å². The van der Waals surface area contributed by atoms with Crippen molar-refractivity contribution in [3.63, 3.8) is 0 Å². The monoisotopic (exact) mass is 409 g/mol. The lowest BCUT2D eigenvalue weighted by Gasteiger charge is -2.31. The van der Waals surface area contributed by atoms with Crippen molar-refractivity contribution in [1.82, 2.24) is 14.7 Å². The van der Waals surface area contributed by atoms with E-state index in [9.17, 15) is 9.90 Å². The molecular weight excluding hydrogens is 386 g/mol. The Bertz CT molecular complexity index is 981. The summed E-state index contributed by atoms with van der Waals surface area (Å²) in [6.07, 6.45) is 3.26. The molecule has 1 N–H and O–H groups in total. The molecule has 0 spiro atoms. The van der Waals surface area contributed by atoms with Crippen LogP contribution in [0.15, 0.2) is 60.5 Å². The number of morpholine rings is 1. The van der Waals surface area contributed by atoms with Crippen LogP contribution in [0.25, 0.3) is 11.3 Å². The molecule has 2 aliphatic heterocycles. The molecule has 1 saturated heterocycles. The number of nitrogens with zero attached hydrogens (tertiary/aromatic N) is 3. The number of aliphatic hydroxyl groups is 1. The van der Waals surface area contributed by atoms with Crippen LogP contribution in [-0.4, -0.2) is 58.1 Å². The molecule has 0 saturated carbocycles. The smallest absolute Gasteiger partial charge is 0.274 e. The van der Waals surface area contributed by atoms with Gasteiger partial charge in [0.25, 0.3) is 5.91 Å². The number of fused-ring (bicyclic) bond motifs is 1. The Labute approximate surface area is 174 Å². The number of allylic oxidation sites excluding steroid dienone is 3. The van der Waals surface area contributed by atoms with E-state index in [-0.39, 0.29) is 18.6 Å². The highest BCUT2D eigenvalue weighted by molar-refractivity contribution is 8.02. The second kappa shape index (κ2) is 8.41. The fraction of sp³-hybridized carbons (Fsp3) is 0.273. The Morgan fingerprint density at radius 1 is 1.31 bits per heavy atom. The Balaban J connectivity index is 1.84. The number of ether oxygens (including phenoxy) is 1. The summed E-state index contributed by atoms with van der Waals surface area (Å²) in [5.74, 6) is 0.499. The maximum Gasteiger partial charge on any atom is 0.274 e. The zero-order valence-corrected chi connectivity index (χ0v) is 16.9. The Hall–Kier alpha value is -2.61. The largest absolute Gasteiger partial charge is 0.394 e. The molecule has 7 heteroatoms. The summed E-state index contributed by atoms with van der Waals surface area (Å²) in [5, 5.41) is 14.2. The number of aromatic nitrogens is 2. The molecule has 1 amide bonds. The molecule has 2 aliphatic rings. The number of hydrogen-bond acceptors (Lipinski definition) is 5. The number of thioether (sulfide) groups is 1. The maximum atomic E-state index is 13.4. The normalized spacial score (nSPS) is 19.1. The lowest BCUT2D eigenvalue weighted by atomic mass is 10.0. The van der Waals surface area contributed by atoms with E-state index in [4.69, 9.17) is 9.84 Å². The average molecular weight is 410 g/mol. The number of benzene rings is 1. The minimum absolute atomic E-state index is 0.109. The third kappa shape index (κ3) is 3.57. The van der Waals surface area contributed by atoms with Crippen molar-refractivity contribution < 1.29 is 14.6 Å². The molecule has 6 nitrogen and oxygen atoms in total. The summed E-state index contributed by atoms with van der Waals surface area (Å²) in [7, 11) is 0. The van der Waals surface area contributed by atoms with Gasteiger partial charge in [-0.25, -0.2) is 4.68 Å². The molecule has 29 heavy (non-hydrogen) atoms. The minimum atomic E-state index is -0.356. The van der Waals surface area contributed by atoms with Crippen molar-refractivity contribution in [3.05, 3.63) is 77.5 Å². The fourth-order valence-electron chi connectivity index (χ4n) is 3.67. The van der Waals surface area contributed by atoms with Crippen LogP contribution in [0.2, 0.25) is 0 Å². The predicted molar refractivity (Wildman–Crippen MR) is 115 cm³/mol. The third-order valence-electron chi connectivity index (χ3n) is 5.10. The van der Waals surface area contributed by atoms with E-state index in [0.717, 1.165) is 27.4 Å². The Morgan fingerprint density at radius 2 is 2.10 bits per heavy atom. The summed E-state index contributed by atoms with van der Waals surface area (Å²) in [5.41, 5.74) is 4.04. The first kappa shape index (κ1) is 19.7. The third-order valence-corrected chi connectivity index (χ3v) is 6.23. The summed E-state index contributed by atoms with van der Waals surface area (Å²) in [6.45, 7) is 9.05. The van der Waals surface area contributed by atoms with Crippen molar-refractivity contribution in [2.24, 2.45) is 0 Å². The summed E-state index contributed by atoms with van der Waals surface area (Å²) in [4.78, 5) is 16.1. The topological polar surface area (TPSA) is 67.6 Å². The van der Waals surface area contributed by atoms with E-state index in [0.29, 0.717) is 31.1 Å². The number of aliphatic hydroxyl groups excluding tert-OH is 1. The van der Waals surface area contributed by atoms with Crippen molar-refractivity contribution in [2.75, 3.05) is 26.3 Å². The van der Waals surface area contributed by atoms with Crippen LogP contribution in [0.5, 0.6) is 0 Å². The summed E-state index contributed by atoms with van der Waals surface area (Å²) < 4.78 is 7.31. The molecule has 0 radical (unpaired) electrons. The van der Waals surface area contributed by atoms with Crippen LogP contribution in [0, 0.1) is 0 Å². The van der Waals surface area contributed by atoms with E-state index in [2.05, 4.69) is 13.2 Å². The zero-order chi connectivity index (χ0) is 20.4. The van der Waals surface area contributed by atoms with E-state index in [1.807, 2.05) is 41.1 Å². The predicted octanol–water partition coefficient (Wildman–Crippen LogP) is 3.04. The Morgan fingerprint density at radius 3 is 2.79 bits per heavy atom. The van der Waals surface area contributed by atoms with Crippen molar-refractivity contribution in [1.29, 1.82) is 0 Å². The first-order chi connectivity index (χ1) is 14.2. The summed E-state index contributed by atoms with van der Waals surface area (Å²) in [6, 6.07) is 9.77. The molecule has 4 rings (SSSR count). The molecule has 0 bridgehead atoms. The van der Waals surface area contributed by atoms with Gasteiger partial charge in [0, 0.05) is 34.9 Å². The first-order valence-electron chi connectivity index (χ1n) is 9.49. The van der Waals surface area contributed by atoms with Crippen LogP contribution in [0.4, 0.5) is 0 Å². The van der Waals surface area contributed by atoms with Gasteiger partial charge in [-0.05, 0) is 12.1 Å². The number of para-hydroxylation sites is 1. The molecule has 1 unspecified atom stereocenters. The molecule has 1 aromatic carbocycles. The molecule has 0 aliphatic carbocycles. The van der Waals surface area contributed by atoms with E-state index < -0.39 is 0 Å². The van der Waals surface area contributed by atoms with Gasteiger partial charge in [-0.1, -0.05) is 43.5 Å². The van der Waals surface area contributed by atoms with Gasteiger partial charge in [0.1, 0.15) is 0 Å². The fourth-order valence-corrected chi connectivity index (χ4v) is 4.69. The number of carbonyl (C=O) groups excluding carboxylic acids is 1. The highest BCUT2D eigenvalue weighted by Crippen LogP contribution is 2.41. The lowest BCUT2D eigenvalue weighted by Crippen LogP contribution is -2.47. The van der Waals surface area contributed by atoms with Crippen LogP contribution in [-0.2, 0) is 10.5 Å². The van der Waals surface area contributed by atoms with Gasteiger partial charge >= 0.3 is 0 Å². The van der Waals surface area contributed by atoms with Crippen LogP contribution < -0.4 is 0 Å². The van der Waals surface area contributed by atoms with Crippen molar-refractivity contribution in [3.8, 4) is 5.69 Å². The van der Waals surface area contributed by atoms with Crippen LogP contribution in [0.1, 0.15) is 21.7 Å².